The fourth-order valence-electron chi connectivity index (χ4n) is 4.37. The minimum absolute atomic E-state index is 0.239. The number of unbranched alkanes of at least 4 members (excludes halogenated alkanes) is 7. The standard InChI is InChI=1S/C39H63NO5S/c1-3-5-7-9-11-13-15-17-18-19-20-21-22-23-25-27-29-31-33-35-39(42)40-37(36-46(43,44)45)38(41)34-32-30-28-26-24-16-14-12-10-8-6-4-2/h5,7,10-13,17-18,20-21,23-26,32,34,37-38,41H,3-4,6,8-9,14-16,19,22,27-31,33,35-36H2,1-2H3,(H,40,42)(H,43,44,45)/b7-5-,12-10+,13-11-,18-17-,21-20-,25-23-,26-24+,34-32+. The van der Waals surface area contributed by atoms with Crippen molar-refractivity contribution in [1.29, 1.82) is 0 Å². The van der Waals surface area contributed by atoms with E-state index in [1.165, 1.54) is 18.9 Å². The average molecular weight is 658 g/mol. The van der Waals surface area contributed by atoms with E-state index in [9.17, 15) is 22.9 Å². The van der Waals surface area contributed by atoms with E-state index >= 15 is 0 Å². The van der Waals surface area contributed by atoms with Crippen LogP contribution in [0.1, 0.15) is 123 Å². The minimum Gasteiger partial charge on any atom is -0.387 e. The molecule has 0 bridgehead atoms. The third kappa shape index (κ3) is 32.6. The van der Waals surface area contributed by atoms with Crippen LogP contribution in [0.15, 0.2) is 97.2 Å². The first-order chi connectivity index (χ1) is 22.3. The van der Waals surface area contributed by atoms with E-state index in [-0.39, 0.29) is 12.3 Å². The van der Waals surface area contributed by atoms with Crippen LogP contribution in [0.2, 0.25) is 0 Å². The van der Waals surface area contributed by atoms with Crippen molar-refractivity contribution in [2.75, 3.05) is 5.75 Å². The molecule has 0 rings (SSSR count). The second-order valence-corrected chi connectivity index (χ2v) is 12.9. The van der Waals surface area contributed by atoms with Gasteiger partial charge in [-0.15, -0.1) is 0 Å². The van der Waals surface area contributed by atoms with Crippen molar-refractivity contribution in [2.24, 2.45) is 0 Å². The predicted molar refractivity (Wildman–Crippen MR) is 197 cm³/mol. The van der Waals surface area contributed by atoms with E-state index in [1.54, 1.807) is 6.08 Å². The highest BCUT2D eigenvalue weighted by molar-refractivity contribution is 7.85. The topological polar surface area (TPSA) is 104 Å². The Hall–Kier alpha value is -2.74. The molecule has 0 fully saturated rings. The summed E-state index contributed by atoms with van der Waals surface area (Å²) in [6.45, 7) is 4.33. The van der Waals surface area contributed by atoms with Gasteiger partial charge in [-0.1, -0.05) is 130 Å². The summed E-state index contributed by atoms with van der Waals surface area (Å²) in [4.78, 5) is 12.4. The van der Waals surface area contributed by atoms with E-state index in [4.69, 9.17) is 0 Å². The number of carbonyl (C=O) groups excluding carboxylic acids is 1. The first kappa shape index (κ1) is 43.3. The van der Waals surface area contributed by atoms with E-state index in [1.807, 2.05) is 0 Å². The van der Waals surface area contributed by atoms with Gasteiger partial charge in [-0.25, -0.2) is 0 Å². The van der Waals surface area contributed by atoms with E-state index in [2.05, 4.69) is 104 Å². The summed E-state index contributed by atoms with van der Waals surface area (Å²) in [5, 5.41) is 13.1. The molecule has 0 saturated heterocycles. The second-order valence-electron chi connectivity index (χ2n) is 11.4. The third-order valence-corrected chi connectivity index (χ3v) is 7.75. The van der Waals surface area contributed by atoms with Crippen molar-refractivity contribution in [2.45, 2.75) is 135 Å². The Bertz CT molecular complexity index is 1080. The van der Waals surface area contributed by atoms with Gasteiger partial charge in [-0.2, -0.15) is 8.42 Å². The molecule has 0 aromatic rings. The number of hydrogen-bond donors (Lipinski definition) is 3. The van der Waals surface area contributed by atoms with Crippen LogP contribution in [0.5, 0.6) is 0 Å². The van der Waals surface area contributed by atoms with Crippen molar-refractivity contribution in [3.8, 4) is 0 Å². The predicted octanol–water partition coefficient (Wildman–Crippen LogP) is 9.84. The molecule has 2 atom stereocenters. The largest absolute Gasteiger partial charge is 0.387 e. The number of rotatable bonds is 29. The molecule has 260 valence electrons. The monoisotopic (exact) mass is 657 g/mol. The van der Waals surface area contributed by atoms with Crippen molar-refractivity contribution in [3.63, 3.8) is 0 Å². The molecule has 0 aliphatic rings. The lowest BCUT2D eigenvalue weighted by Gasteiger charge is -2.21. The molecule has 0 aliphatic heterocycles. The van der Waals surface area contributed by atoms with Crippen molar-refractivity contribution < 1.29 is 22.9 Å². The Labute approximate surface area is 281 Å². The van der Waals surface area contributed by atoms with E-state index in [0.717, 1.165) is 77.0 Å². The van der Waals surface area contributed by atoms with Gasteiger partial charge >= 0.3 is 0 Å². The van der Waals surface area contributed by atoms with Gasteiger partial charge < -0.3 is 10.4 Å². The molecule has 3 N–H and O–H groups in total. The number of aliphatic hydroxyl groups is 1. The van der Waals surface area contributed by atoms with Crippen molar-refractivity contribution in [3.05, 3.63) is 97.2 Å². The fourth-order valence-corrected chi connectivity index (χ4v) is 5.11. The Kier molecular flexibility index (Phi) is 30.3. The fraction of sp³-hybridized carbons (Fsp3) is 0.564. The molecule has 0 aliphatic carbocycles. The summed E-state index contributed by atoms with van der Waals surface area (Å²) in [6.07, 6.45) is 48.2. The highest BCUT2D eigenvalue weighted by Gasteiger charge is 2.24. The van der Waals surface area contributed by atoms with Gasteiger partial charge in [0.25, 0.3) is 10.1 Å². The molecule has 7 heteroatoms. The van der Waals surface area contributed by atoms with Crippen LogP contribution < -0.4 is 5.32 Å². The SMILES string of the molecule is CC/C=C\C/C=C\C/C=C\C/C=C\C/C=C\CCCCCC(=O)NC(CS(=O)(=O)O)C(O)/C=C/CC/C=C/CC/C=C/CCCC. The number of allylic oxidation sites excluding steroid dienone is 15. The summed E-state index contributed by atoms with van der Waals surface area (Å²) in [7, 11) is -4.37. The molecule has 46 heavy (non-hydrogen) atoms. The molecule has 0 heterocycles. The minimum atomic E-state index is -4.37. The molecular weight excluding hydrogens is 594 g/mol. The van der Waals surface area contributed by atoms with Crippen LogP contribution in [0.3, 0.4) is 0 Å². The molecule has 0 saturated carbocycles. The summed E-state index contributed by atoms with van der Waals surface area (Å²) in [5.74, 6) is -1.07. The molecule has 0 radical (unpaired) electrons. The van der Waals surface area contributed by atoms with Crippen LogP contribution in [0.4, 0.5) is 0 Å². The lowest BCUT2D eigenvalue weighted by Crippen LogP contribution is -2.46. The average Bonchev–Trinajstić information content (AvgIpc) is 3.01. The van der Waals surface area contributed by atoms with Gasteiger partial charge in [0, 0.05) is 6.42 Å². The van der Waals surface area contributed by atoms with Gasteiger partial charge in [0.1, 0.15) is 0 Å². The van der Waals surface area contributed by atoms with Crippen LogP contribution in [-0.2, 0) is 14.9 Å². The lowest BCUT2D eigenvalue weighted by molar-refractivity contribution is -0.122. The maximum Gasteiger partial charge on any atom is 0.267 e. The number of aliphatic hydroxyl groups excluding tert-OH is 1. The van der Waals surface area contributed by atoms with E-state index < -0.39 is 28.0 Å². The Morgan fingerprint density at radius 2 is 1.07 bits per heavy atom. The zero-order valence-corrected chi connectivity index (χ0v) is 29.5. The van der Waals surface area contributed by atoms with Gasteiger partial charge in [0.2, 0.25) is 5.91 Å². The molecule has 1 amide bonds. The summed E-state index contributed by atoms with van der Waals surface area (Å²) in [6, 6.07) is -1.10. The molecule has 0 aromatic heterocycles. The number of amides is 1. The first-order valence-corrected chi connectivity index (χ1v) is 19.0. The highest BCUT2D eigenvalue weighted by atomic mass is 32.2. The van der Waals surface area contributed by atoms with Crippen LogP contribution >= 0.6 is 0 Å². The Morgan fingerprint density at radius 3 is 1.59 bits per heavy atom. The smallest absolute Gasteiger partial charge is 0.267 e. The zero-order chi connectivity index (χ0) is 34.0. The molecule has 0 spiro atoms. The van der Waals surface area contributed by atoms with Crippen molar-refractivity contribution in [1.82, 2.24) is 5.32 Å². The number of hydrogen-bond acceptors (Lipinski definition) is 4. The van der Waals surface area contributed by atoms with Crippen LogP contribution in [-0.4, -0.2) is 41.9 Å². The first-order valence-electron chi connectivity index (χ1n) is 17.4. The Morgan fingerprint density at radius 1 is 0.609 bits per heavy atom. The molecule has 0 aromatic carbocycles. The van der Waals surface area contributed by atoms with Gasteiger partial charge in [0.05, 0.1) is 17.9 Å². The normalized spacial score (nSPS) is 14.6. The van der Waals surface area contributed by atoms with E-state index in [0.29, 0.717) is 12.8 Å². The Balaban J connectivity index is 4.17. The number of nitrogens with one attached hydrogen (secondary N) is 1. The quantitative estimate of drug-likeness (QED) is 0.0422. The lowest BCUT2D eigenvalue weighted by atomic mass is 10.1. The maximum absolute atomic E-state index is 12.4. The third-order valence-electron chi connectivity index (χ3n) is 6.97. The zero-order valence-electron chi connectivity index (χ0n) is 28.6. The highest BCUT2D eigenvalue weighted by Crippen LogP contribution is 2.08. The van der Waals surface area contributed by atoms with Crippen LogP contribution in [0, 0.1) is 0 Å². The van der Waals surface area contributed by atoms with Crippen LogP contribution in [0.25, 0.3) is 0 Å². The summed E-state index contributed by atoms with van der Waals surface area (Å²) in [5.41, 5.74) is 0. The van der Waals surface area contributed by atoms with Gasteiger partial charge in [0.15, 0.2) is 0 Å². The summed E-state index contributed by atoms with van der Waals surface area (Å²) < 4.78 is 32.3. The van der Waals surface area contributed by atoms with Crippen molar-refractivity contribution >= 4 is 16.0 Å². The molecular formula is C39H63NO5S. The second kappa shape index (κ2) is 32.2. The molecule has 2 unspecified atom stereocenters. The summed E-state index contributed by atoms with van der Waals surface area (Å²) >= 11 is 0. The maximum atomic E-state index is 12.4. The van der Waals surface area contributed by atoms with Gasteiger partial charge in [-0.05, 0) is 83.5 Å². The van der Waals surface area contributed by atoms with Gasteiger partial charge in [-0.3, -0.25) is 9.35 Å². The number of carbonyl (C=O) groups is 1. The molecule has 6 nitrogen and oxygen atoms in total.